The van der Waals surface area contributed by atoms with E-state index < -0.39 is 10.0 Å². The summed E-state index contributed by atoms with van der Waals surface area (Å²) in [5, 5.41) is 2.89. The number of nitrogens with one attached hydrogen (secondary N) is 1. The summed E-state index contributed by atoms with van der Waals surface area (Å²) in [4.78, 5) is 12.5. The molecule has 0 spiro atoms. The molecule has 0 saturated carbocycles. The molecule has 3 rings (SSSR count). The molecule has 0 aliphatic carbocycles. The van der Waals surface area contributed by atoms with Crippen molar-refractivity contribution in [2.24, 2.45) is 0 Å². The molecule has 166 valence electrons. The van der Waals surface area contributed by atoms with Crippen LogP contribution in [-0.4, -0.2) is 52.0 Å². The van der Waals surface area contributed by atoms with Gasteiger partial charge >= 0.3 is 0 Å². The zero-order valence-corrected chi connectivity index (χ0v) is 18.8. The van der Waals surface area contributed by atoms with Crippen molar-refractivity contribution < 1.29 is 22.7 Å². The topological polar surface area (TPSA) is 84.9 Å². The van der Waals surface area contributed by atoms with Crippen LogP contribution in [0.5, 0.6) is 5.75 Å². The summed E-state index contributed by atoms with van der Waals surface area (Å²) in [6.45, 7) is 5.44. The number of amides is 1. The van der Waals surface area contributed by atoms with Gasteiger partial charge in [-0.1, -0.05) is 38.1 Å². The van der Waals surface area contributed by atoms with Crippen molar-refractivity contribution in [2.45, 2.75) is 24.7 Å². The molecule has 1 heterocycles. The molecule has 31 heavy (non-hydrogen) atoms. The van der Waals surface area contributed by atoms with Crippen molar-refractivity contribution in [3.8, 4) is 5.75 Å². The lowest BCUT2D eigenvalue weighted by Crippen LogP contribution is -2.40. The standard InChI is InChI=1S/C23H28N2O5S/c1-17(2)19-6-4-5-7-20(19)24-23(26)11-9-18-8-10-21(29-3)22(16-18)31(27,28)25-12-14-30-15-13-25/h4-11,16-17H,12-15H2,1-3H3,(H,24,26). The Hall–Kier alpha value is -2.68. The molecule has 1 N–H and O–H groups in total. The van der Waals surface area contributed by atoms with Crippen molar-refractivity contribution in [2.75, 3.05) is 38.7 Å². The third-order valence-corrected chi connectivity index (χ3v) is 6.96. The number of benzene rings is 2. The normalized spacial score (nSPS) is 15.4. The Kier molecular flexibility index (Phi) is 7.48. The molecular weight excluding hydrogens is 416 g/mol. The Morgan fingerprint density at radius 3 is 2.55 bits per heavy atom. The maximum Gasteiger partial charge on any atom is 0.248 e. The van der Waals surface area contributed by atoms with Gasteiger partial charge in [0.1, 0.15) is 10.6 Å². The first-order chi connectivity index (χ1) is 14.8. The molecule has 0 bridgehead atoms. The molecule has 0 unspecified atom stereocenters. The maximum atomic E-state index is 13.1. The van der Waals surface area contributed by atoms with E-state index in [4.69, 9.17) is 9.47 Å². The van der Waals surface area contributed by atoms with Crippen LogP contribution in [0.2, 0.25) is 0 Å². The molecule has 7 nitrogen and oxygen atoms in total. The lowest BCUT2D eigenvalue weighted by Gasteiger charge is -2.26. The van der Waals surface area contributed by atoms with Gasteiger partial charge in [-0.05, 0) is 41.3 Å². The fourth-order valence-electron chi connectivity index (χ4n) is 3.39. The quantitative estimate of drug-likeness (QED) is 0.661. The Bertz CT molecular complexity index is 1060. The molecule has 0 atom stereocenters. The van der Waals surface area contributed by atoms with Crippen molar-refractivity contribution in [1.82, 2.24) is 4.31 Å². The summed E-state index contributed by atoms with van der Waals surface area (Å²) >= 11 is 0. The van der Waals surface area contributed by atoms with Crippen LogP contribution >= 0.6 is 0 Å². The van der Waals surface area contributed by atoms with Gasteiger partial charge in [-0.15, -0.1) is 0 Å². The van der Waals surface area contributed by atoms with E-state index in [1.165, 1.54) is 23.6 Å². The molecule has 2 aromatic carbocycles. The number of hydrogen-bond acceptors (Lipinski definition) is 5. The van der Waals surface area contributed by atoms with Gasteiger partial charge in [-0.2, -0.15) is 4.31 Å². The van der Waals surface area contributed by atoms with Crippen molar-refractivity contribution >= 4 is 27.7 Å². The minimum Gasteiger partial charge on any atom is -0.495 e. The predicted molar refractivity (Wildman–Crippen MR) is 121 cm³/mol. The number of anilines is 1. The second kappa shape index (κ2) is 10.1. The second-order valence-electron chi connectivity index (χ2n) is 7.49. The van der Waals surface area contributed by atoms with Gasteiger partial charge < -0.3 is 14.8 Å². The lowest BCUT2D eigenvalue weighted by molar-refractivity contribution is -0.111. The number of para-hydroxylation sites is 1. The summed E-state index contributed by atoms with van der Waals surface area (Å²) in [6.07, 6.45) is 2.98. The highest BCUT2D eigenvalue weighted by Crippen LogP contribution is 2.29. The predicted octanol–water partition coefficient (Wildman–Crippen LogP) is 3.49. The summed E-state index contributed by atoms with van der Waals surface area (Å²) in [7, 11) is -2.30. The maximum absolute atomic E-state index is 13.1. The van der Waals surface area contributed by atoms with Gasteiger partial charge in [0.05, 0.1) is 20.3 Å². The van der Waals surface area contributed by atoms with Crippen molar-refractivity contribution in [3.05, 3.63) is 59.7 Å². The smallest absolute Gasteiger partial charge is 0.248 e. The number of hydrogen-bond donors (Lipinski definition) is 1. The first kappa shape index (κ1) is 23.0. The SMILES string of the molecule is COc1ccc(C=CC(=O)Nc2ccccc2C(C)C)cc1S(=O)(=O)N1CCOCC1. The molecule has 1 aliphatic rings. The Balaban J connectivity index is 1.81. The van der Waals surface area contributed by atoms with Crippen LogP contribution in [0, 0.1) is 0 Å². The summed E-state index contributed by atoms with van der Waals surface area (Å²) in [6, 6.07) is 12.5. The minimum atomic E-state index is -3.74. The largest absolute Gasteiger partial charge is 0.495 e. The summed E-state index contributed by atoms with van der Waals surface area (Å²) in [5.74, 6) is 0.246. The van der Waals surface area contributed by atoms with Crippen LogP contribution in [0.1, 0.15) is 30.9 Å². The second-order valence-corrected chi connectivity index (χ2v) is 9.40. The van der Waals surface area contributed by atoms with Gasteiger partial charge in [0.2, 0.25) is 15.9 Å². The number of sulfonamides is 1. The number of rotatable bonds is 7. The molecule has 0 radical (unpaired) electrons. The van der Waals surface area contributed by atoms with Gasteiger partial charge in [-0.3, -0.25) is 4.79 Å². The van der Waals surface area contributed by atoms with Gasteiger partial charge in [-0.25, -0.2) is 8.42 Å². The van der Waals surface area contributed by atoms with Crippen LogP contribution in [-0.2, 0) is 19.6 Å². The zero-order valence-electron chi connectivity index (χ0n) is 18.0. The zero-order chi connectivity index (χ0) is 22.4. The van der Waals surface area contributed by atoms with E-state index in [2.05, 4.69) is 19.2 Å². The summed E-state index contributed by atoms with van der Waals surface area (Å²) < 4.78 is 38.1. The number of carbonyl (C=O) groups is 1. The molecule has 2 aromatic rings. The van der Waals surface area contributed by atoms with Crippen LogP contribution in [0.4, 0.5) is 5.69 Å². The Morgan fingerprint density at radius 1 is 1.16 bits per heavy atom. The molecule has 8 heteroatoms. The highest BCUT2D eigenvalue weighted by molar-refractivity contribution is 7.89. The average Bonchev–Trinajstić information content (AvgIpc) is 2.78. The Morgan fingerprint density at radius 2 is 1.87 bits per heavy atom. The third kappa shape index (κ3) is 5.52. The molecule has 1 fully saturated rings. The van der Waals surface area contributed by atoms with Gasteiger partial charge in [0.15, 0.2) is 0 Å². The van der Waals surface area contributed by atoms with Crippen molar-refractivity contribution in [1.29, 1.82) is 0 Å². The van der Waals surface area contributed by atoms with E-state index in [9.17, 15) is 13.2 Å². The fraction of sp³-hybridized carbons (Fsp3) is 0.348. The van der Waals surface area contributed by atoms with E-state index in [0.717, 1.165) is 11.3 Å². The number of carbonyl (C=O) groups excluding carboxylic acids is 1. The van der Waals surface area contributed by atoms with E-state index in [1.807, 2.05) is 24.3 Å². The van der Waals surface area contributed by atoms with E-state index in [-0.39, 0.29) is 22.5 Å². The van der Waals surface area contributed by atoms with Crippen LogP contribution in [0.3, 0.4) is 0 Å². The van der Waals surface area contributed by atoms with Crippen LogP contribution in [0.15, 0.2) is 53.4 Å². The average molecular weight is 445 g/mol. The first-order valence-electron chi connectivity index (χ1n) is 10.2. The Labute approximate surface area is 183 Å². The summed E-state index contributed by atoms with van der Waals surface area (Å²) in [5.41, 5.74) is 2.39. The van der Waals surface area contributed by atoms with Crippen molar-refractivity contribution in [3.63, 3.8) is 0 Å². The highest BCUT2D eigenvalue weighted by atomic mass is 32.2. The van der Waals surface area contributed by atoms with Gasteiger partial charge in [0, 0.05) is 24.9 Å². The minimum absolute atomic E-state index is 0.0737. The highest BCUT2D eigenvalue weighted by Gasteiger charge is 2.29. The van der Waals surface area contributed by atoms with Crippen LogP contribution < -0.4 is 10.1 Å². The molecule has 1 aliphatic heterocycles. The number of methoxy groups -OCH3 is 1. The number of nitrogens with zero attached hydrogens (tertiary/aromatic N) is 1. The van der Waals surface area contributed by atoms with E-state index >= 15 is 0 Å². The monoisotopic (exact) mass is 444 g/mol. The lowest BCUT2D eigenvalue weighted by atomic mass is 10.0. The fourth-order valence-corrected chi connectivity index (χ4v) is 4.98. The molecular formula is C23H28N2O5S. The van der Waals surface area contributed by atoms with Gasteiger partial charge in [0.25, 0.3) is 0 Å². The molecule has 1 saturated heterocycles. The van der Waals surface area contributed by atoms with Crippen LogP contribution in [0.25, 0.3) is 6.08 Å². The van der Waals surface area contributed by atoms with E-state index in [1.54, 1.807) is 18.2 Å². The first-order valence-corrected chi connectivity index (χ1v) is 11.6. The third-order valence-electron chi connectivity index (χ3n) is 5.04. The number of morpholine rings is 1. The molecule has 0 aromatic heterocycles. The van der Waals surface area contributed by atoms with E-state index in [0.29, 0.717) is 31.9 Å². The molecule has 1 amide bonds. The number of ether oxygens (including phenoxy) is 2.